The third-order valence-corrected chi connectivity index (χ3v) is 1.02. The van der Waals surface area contributed by atoms with Gasteiger partial charge in [0.05, 0.1) is 0 Å². The Kier molecular flexibility index (Phi) is 4.44. The van der Waals surface area contributed by atoms with E-state index in [4.69, 9.17) is 4.74 Å². The molecule has 36 valence electrons. The third kappa shape index (κ3) is 2.70. The number of hydrogen-bond donors (Lipinski definition) is 0. The van der Waals surface area contributed by atoms with E-state index in [9.17, 15) is 0 Å². The second-order valence-electron chi connectivity index (χ2n) is 1.64. The van der Waals surface area contributed by atoms with Crippen LogP contribution in [0.1, 0.15) is 12.8 Å². The molecular weight excluding hydrogens is 99.0 g/mol. The summed E-state index contributed by atoms with van der Waals surface area (Å²) in [6, 6.07) is 0. The Morgan fingerprint density at radius 1 is 1.57 bits per heavy atom. The minimum absolute atomic E-state index is 0. The van der Waals surface area contributed by atoms with Crippen molar-refractivity contribution in [1.82, 2.24) is 0 Å². The van der Waals surface area contributed by atoms with Crippen LogP contribution < -0.4 is 29.6 Å². The molecule has 1 aliphatic rings. The normalized spacial score (nSPS) is 29.6. The van der Waals surface area contributed by atoms with Crippen LogP contribution in [0.2, 0.25) is 0 Å². The molecule has 1 aliphatic heterocycles. The molecule has 1 rings (SSSR count). The average Bonchev–Trinajstić information content (AvgIpc) is 1.86. The number of rotatable bonds is 0. The summed E-state index contributed by atoms with van der Waals surface area (Å²) in [5.74, 6) is 0. The summed E-state index contributed by atoms with van der Waals surface area (Å²) in [7, 11) is 0. The summed E-state index contributed by atoms with van der Waals surface area (Å²) < 4.78 is 5.04. The second-order valence-corrected chi connectivity index (χ2v) is 1.64. The zero-order valence-electron chi connectivity index (χ0n) is 4.81. The van der Waals surface area contributed by atoms with Crippen molar-refractivity contribution in [2.75, 3.05) is 6.61 Å². The van der Waals surface area contributed by atoms with E-state index < -0.39 is 0 Å². The van der Waals surface area contributed by atoms with E-state index >= 15 is 0 Å². The predicted molar refractivity (Wildman–Crippen MR) is 24.3 cm³/mol. The van der Waals surface area contributed by atoms with Gasteiger partial charge >= 0.3 is 29.6 Å². The largest absolute Gasteiger partial charge is 1.00 e. The molecule has 1 atom stereocenters. The van der Waals surface area contributed by atoms with Crippen molar-refractivity contribution in [1.29, 1.82) is 0 Å². The van der Waals surface area contributed by atoms with Crippen LogP contribution in [0.25, 0.3) is 0 Å². The van der Waals surface area contributed by atoms with Gasteiger partial charge in [0.25, 0.3) is 0 Å². The van der Waals surface area contributed by atoms with Crippen LogP contribution in [0.5, 0.6) is 0 Å². The Bertz CT molecular complexity index is 41.3. The average molecular weight is 108 g/mol. The molecular formula is C5H9NaO. The Labute approximate surface area is 66.7 Å². The van der Waals surface area contributed by atoms with Gasteiger partial charge in [-0.05, 0) is 6.42 Å². The SMILES string of the molecule is [CH2-]C1CCCO1.[Na+]. The number of hydrogen-bond acceptors (Lipinski definition) is 1. The molecule has 0 aromatic rings. The van der Waals surface area contributed by atoms with E-state index in [0.29, 0.717) is 6.10 Å². The van der Waals surface area contributed by atoms with Gasteiger partial charge in [0.15, 0.2) is 0 Å². The first-order chi connectivity index (χ1) is 2.89. The van der Waals surface area contributed by atoms with E-state index in [1.54, 1.807) is 0 Å². The van der Waals surface area contributed by atoms with Crippen molar-refractivity contribution >= 4 is 0 Å². The monoisotopic (exact) mass is 108 g/mol. The van der Waals surface area contributed by atoms with Crippen molar-refractivity contribution in [3.05, 3.63) is 6.92 Å². The standard InChI is InChI=1S/C5H9O.Na/c1-5-3-2-4-6-5;/h5H,1-4H2;/q-1;+1. The van der Waals surface area contributed by atoms with Crippen LogP contribution in [-0.4, -0.2) is 12.7 Å². The van der Waals surface area contributed by atoms with Gasteiger partial charge < -0.3 is 11.7 Å². The Hall–Kier alpha value is 0.960. The minimum Gasteiger partial charge on any atom is -0.410 e. The van der Waals surface area contributed by atoms with E-state index in [1.165, 1.54) is 6.42 Å². The first-order valence-electron chi connectivity index (χ1n) is 2.34. The first kappa shape index (κ1) is 7.96. The van der Waals surface area contributed by atoms with Crippen molar-refractivity contribution < 1.29 is 34.3 Å². The van der Waals surface area contributed by atoms with Gasteiger partial charge in [-0.15, -0.1) is 0 Å². The van der Waals surface area contributed by atoms with Crippen molar-refractivity contribution in [2.45, 2.75) is 18.9 Å². The smallest absolute Gasteiger partial charge is 0.410 e. The topological polar surface area (TPSA) is 9.23 Å². The fourth-order valence-corrected chi connectivity index (χ4v) is 0.644. The molecule has 1 heterocycles. The molecule has 0 aliphatic carbocycles. The molecule has 0 radical (unpaired) electrons. The fourth-order valence-electron chi connectivity index (χ4n) is 0.644. The minimum atomic E-state index is 0. The predicted octanol–water partition coefficient (Wildman–Crippen LogP) is -2.00. The van der Waals surface area contributed by atoms with Gasteiger partial charge in [-0.1, -0.05) is 12.5 Å². The fraction of sp³-hybridized carbons (Fsp3) is 0.800. The Morgan fingerprint density at radius 3 is 2.43 bits per heavy atom. The summed E-state index contributed by atoms with van der Waals surface area (Å²) >= 11 is 0. The quantitative estimate of drug-likeness (QED) is 0.258. The zero-order chi connectivity index (χ0) is 4.41. The van der Waals surface area contributed by atoms with Gasteiger partial charge in [0.2, 0.25) is 0 Å². The Balaban J connectivity index is 0.000000360. The van der Waals surface area contributed by atoms with Crippen molar-refractivity contribution in [3.8, 4) is 0 Å². The van der Waals surface area contributed by atoms with Gasteiger partial charge in [0.1, 0.15) is 0 Å². The molecule has 0 bridgehead atoms. The van der Waals surface area contributed by atoms with E-state index in [0.717, 1.165) is 13.0 Å². The van der Waals surface area contributed by atoms with E-state index in [-0.39, 0.29) is 29.6 Å². The summed E-state index contributed by atoms with van der Waals surface area (Å²) in [5, 5.41) is 0. The van der Waals surface area contributed by atoms with Crippen LogP contribution in [0.3, 0.4) is 0 Å². The van der Waals surface area contributed by atoms with Gasteiger partial charge in [-0.2, -0.15) is 0 Å². The Morgan fingerprint density at radius 2 is 2.29 bits per heavy atom. The molecule has 2 heteroatoms. The molecule has 0 aromatic heterocycles. The molecule has 1 saturated heterocycles. The van der Waals surface area contributed by atoms with Crippen molar-refractivity contribution in [3.63, 3.8) is 0 Å². The second kappa shape index (κ2) is 3.90. The molecule has 0 amide bonds. The van der Waals surface area contributed by atoms with E-state index in [1.807, 2.05) is 0 Å². The van der Waals surface area contributed by atoms with Gasteiger partial charge in [-0.3, -0.25) is 0 Å². The van der Waals surface area contributed by atoms with Crippen molar-refractivity contribution in [2.24, 2.45) is 0 Å². The van der Waals surface area contributed by atoms with Crippen LogP contribution in [0.15, 0.2) is 0 Å². The first-order valence-corrected chi connectivity index (χ1v) is 2.34. The van der Waals surface area contributed by atoms with E-state index in [2.05, 4.69) is 6.92 Å². The molecule has 1 fully saturated rings. The van der Waals surface area contributed by atoms with Crippen LogP contribution in [0, 0.1) is 6.92 Å². The maximum absolute atomic E-state index is 5.04. The third-order valence-electron chi connectivity index (χ3n) is 1.02. The molecule has 0 saturated carbocycles. The summed E-state index contributed by atoms with van der Waals surface area (Å²) in [5.41, 5.74) is 0. The summed E-state index contributed by atoms with van der Waals surface area (Å²) in [6.45, 7) is 4.64. The molecule has 7 heavy (non-hydrogen) atoms. The molecule has 1 unspecified atom stereocenters. The van der Waals surface area contributed by atoms with Gasteiger partial charge in [-0.25, -0.2) is 0 Å². The van der Waals surface area contributed by atoms with Gasteiger partial charge in [0, 0.05) is 6.61 Å². The maximum atomic E-state index is 5.04. The molecule has 1 nitrogen and oxygen atoms in total. The van der Waals surface area contributed by atoms with Crippen LogP contribution >= 0.6 is 0 Å². The zero-order valence-corrected chi connectivity index (χ0v) is 6.81. The summed E-state index contributed by atoms with van der Waals surface area (Å²) in [4.78, 5) is 0. The molecule has 0 spiro atoms. The van der Waals surface area contributed by atoms with Crippen LogP contribution in [0.4, 0.5) is 0 Å². The maximum Gasteiger partial charge on any atom is 1.00 e. The van der Waals surface area contributed by atoms with Crippen LogP contribution in [-0.2, 0) is 4.74 Å². The molecule has 0 aromatic carbocycles. The number of ether oxygens (including phenoxy) is 1. The molecule has 0 N–H and O–H groups in total. The summed E-state index contributed by atoms with van der Waals surface area (Å²) in [6.07, 6.45) is 2.65.